The molecule has 26 heavy (non-hydrogen) atoms. The number of amides is 1. The van der Waals surface area contributed by atoms with Crippen LogP contribution in [0.3, 0.4) is 0 Å². The Kier molecular flexibility index (Phi) is 4.98. The highest BCUT2D eigenvalue weighted by Crippen LogP contribution is 2.35. The number of piperidine rings is 2. The van der Waals surface area contributed by atoms with Gasteiger partial charge in [-0.3, -0.25) is 14.7 Å². The largest absolute Gasteiger partial charge is 0.349 e. The van der Waals surface area contributed by atoms with Crippen LogP contribution in [-0.2, 0) is 6.54 Å². The summed E-state index contributed by atoms with van der Waals surface area (Å²) >= 11 is 0. The van der Waals surface area contributed by atoms with Gasteiger partial charge in [-0.05, 0) is 55.5 Å². The highest BCUT2D eigenvalue weighted by molar-refractivity contribution is 5.94. The Morgan fingerprint density at radius 1 is 1.15 bits per heavy atom. The van der Waals surface area contributed by atoms with Gasteiger partial charge < -0.3 is 5.32 Å². The smallest absolute Gasteiger partial charge is 0.253 e. The van der Waals surface area contributed by atoms with E-state index < -0.39 is 0 Å². The molecule has 2 aliphatic heterocycles. The summed E-state index contributed by atoms with van der Waals surface area (Å²) in [5.41, 5.74) is 1.77. The van der Waals surface area contributed by atoms with Gasteiger partial charge in [0.25, 0.3) is 5.91 Å². The minimum atomic E-state index is -0.189. The molecule has 0 saturated carbocycles. The van der Waals surface area contributed by atoms with Crippen LogP contribution in [0.15, 0.2) is 48.8 Å². The molecule has 2 aromatic rings. The number of halogens is 1. The summed E-state index contributed by atoms with van der Waals surface area (Å²) in [7, 11) is 0. The van der Waals surface area contributed by atoms with Crippen molar-refractivity contribution in [2.75, 3.05) is 0 Å². The lowest BCUT2D eigenvalue weighted by atomic mass is 9.81. The fourth-order valence-electron chi connectivity index (χ4n) is 4.42. The Morgan fingerprint density at radius 3 is 2.54 bits per heavy atom. The first-order chi connectivity index (χ1) is 12.7. The van der Waals surface area contributed by atoms with E-state index in [2.05, 4.69) is 15.2 Å². The first-order valence-electron chi connectivity index (χ1n) is 9.40. The van der Waals surface area contributed by atoms with Crippen molar-refractivity contribution in [3.8, 4) is 0 Å². The van der Waals surface area contributed by atoms with Gasteiger partial charge in [0.1, 0.15) is 5.82 Å². The van der Waals surface area contributed by atoms with Gasteiger partial charge in [0.2, 0.25) is 0 Å². The molecule has 0 aliphatic carbocycles. The van der Waals surface area contributed by atoms with E-state index in [1.807, 2.05) is 12.1 Å². The van der Waals surface area contributed by atoms with Crippen LogP contribution in [-0.4, -0.2) is 33.9 Å². The number of aromatic nitrogens is 1. The monoisotopic (exact) mass is 353 g/mol. The van der Waals surface area contributed by atoms with Crippen molar-refractivity contribution in [2.24, 2.45) is 0 Å². The van der Waals surface area contributed by atoms with Gasteiger partial charge in [0.15, 0.2) is 0 Å². The van der Waals surface area contributed by atoms with E-state index in [4.69, 9.17) is 0 Å². The first-order valence-corrected chi connectivity index (χ1v) is 9.40. The van der Waals surface area contributed by atoms with Crippen molar-refractivity contribution in [3.63, 3.8) is 0 Å². The van der Waals surface area contributed by atoms with Gasteiger partial charge in [0, 0.05) is 37.1 Å². The van der Waals surface area contributed by atoms with Gasteiger partial charge in [-0.25, -0.2) is 4.39 Å². The lowest BCUT2D eigenvalue weighted by Gasteiger charge is -2.49. The van der Waals surface area contributed by atoms with Crippen LogP contribution in [0, 0.1) is 5.82 Å². The predicted octanol–water partition coefficient (Wildman–Crippen LogP) is 3.54. The third-order valence-electron chi connectivity index (χ3n) is 5.66. The van der Waals surface area contributed by atoms with E-state index in [0.29, 0.717) is 17.6 Å². The predicted molar refractivity (Wildman–Crippen MR) is 98.1 cm³/mol. The average molecular weight is 353 g/mol. The Balaban J connectivity index is 1.41. The van der Waals surface area contributed by atoms with Crippen molar-refractivity contribution >= 4 is 5.91 Å². The summed E-state index contributed by atoms with van der Waals surface area (Å²) in [6.07, 6.45) is 8.81. The van der Waals surface area contributed by atoms with Crippen LogP contribution in [0.4, 0.5) is 4.39 Å². The van der Waals surface area contributed by atoms with Crippen molar-refractivity contribution in [1.29, 1.82) is 0 Å². The fraction of sp³-hybridized carbons (Fsp3) is 0.429. The Hall–Kier alpha value is -2.27. The SMILES string of the molecule is O=C(NC1CC2CCCC(C1)N2Cc1ccc(F)cc1)c1cccnc1. The maximum Gasteiger partial charge on any atom is 0.253 e. The lowest BCUT2D eigenvalue weighted by Crippen LogP contribution is -2.56. The van der Waals surface area contributed by atoms with E-state index in [-0.39, 0.29) is 17.8 Å². The molecule has 2 saturated heterocycles. The second-order valence-corrected chi connectivity index (χ2v) is 7.42. The van der Waals surface area contributed by atoms with E-state index in [9.17, 15) is 9.18 Å². The molecule has 1 aromatic heterocycles. The van der Waals surface area contributed by atoms with E-state index in [1.54, 1.807) is 24.5 Å². The maximum absolute atomic E-state index is 13.2. The Morgan fingerprint density at radius 2 is 1.88 bits per heavy atom. The molecule has 4 nitrogen and oxygen atoms in total. The fourth-order valence-corrected chi connectivity index (χ4v) is 4.42. The molecule has 3 heterocycles. The zero-order valence-corrected chi connectivity index (χ0v) is 14.8. The topological polar surface area (TPSA) is 45.2 Å². The van der Waals surface area contributed by atoms with Crippen molar-refractivity contribution in [3.05, 3.63) is 65.7 Å². The highest BCUT2D eigenvalue weighted by atomic mass is 19.1. The van der Waals surface area contributed by atoms with E-state index >= 15 is 0 Å². The molecule has 0 radical (unpaired) electrons. The van der Waals surface area contributed by atoms with E-state index in [1.165, 1.54) is 18.6 Å². The molecular weight excluding hydrogens is 329 g/mol. The summed E-state index contributed by atoms with van der Waals surface area (Å²) in [5, 5.41) is 3.20. The molecule has 2 unspecified atom stereocenters. The number of hydrogen-bond donors (Lipinski definition) is 1. The summed E-state index contributed by atoms with van der Waals surface area (Å²) in [6, 6.07) is 11.6. The molecule has 2 aliphatic rings. The maximum atomic E-state index is 13.2. The first kappa shape index (κ1) is 17.2. The molecule has 1 amide bonds. The zero-order valence-electron chi connectivity index (χ0n) is 14.8. The number of fused-ring (bicyclic) bond motifs is 2. The molecule has 5 heteroatoms. The molecule has 0 spiro atoms. The Bertz CT molecular complexity index is 736. The minimum Gasteiger partial charge on any atom is -0.349 e. The second-order valence-electron chi connectivity index (χ2n) is 7.42. The molecule has 2 fully saturated rings. The molecule has 136 valence electrons. The molecule has 1 N–H and O–H groups in total. The standard InChI is InChI=1S/C21H24FN3O/c22-17-8-6-15(7-9-17)14-25-19-4-1-5-20(25)12-18(11-19)24-21(26)16-3-2-10-23-13-16/h2-3,6-10,13,18-20H,1,4-5,11-12,14H2,(H,24,26). The summed E-state index contributed by atoms with van der Waals surface area (Å²) in [4.78, 5) is 19.0. The third kappa shape index (κ3) is 3.78. The lowest BCUT2D eigenvalue weighted by molar-refractivity contribution is 0.0177. The van der Waals surface area contributed by atoms with Crippen LogP contribution in [0.5, 0.6) is 0 Å². The molecule has 4 rings (SSSR count). The number of benzene rings is 1. The molecule has 2 bridgehead atoms. The number of carbonyl (C=O) groups is 1. The molecule has 2 atom stereocenters. The van der Waals surface area contributed by atoms with E-state index in [0.717, 1.165) is 37.8 Å². The van der Waals surface area contributed by atoms with Crippen LogP contribution >= 0.6 is 0 Å². The van der Waals surface area contributed by atoms with Crippen LogP contribution in [0.25, 0.3) is 0 Å². The number of rotatable bonds is 4. The van der Waals surface area contributed by atoms with Gasteiger partial charge in [-0.15, -0.1) is 0 Å². The minimum absolute atomic E-state index is 0.0341. The normalized spacial score (nSPS) is 25.7. The van der Waals surface area contributed by atoms with Gasteiger partial charge in [0.05, 0.1) is 5.56 Å². The number of carbonyl (C=O) groups excluding carboxylic acids is 1. The number of nitrogens with one attached hydrogen (secondary N) is 1. The quantitative estimate of drug-likeness (QED) is 0.914. The van der Waals surface area contributed by atoms with Crippen LogP contribution in [0.1, 0.15) is 48.0 Å². The Labute approximate surface area is 153 Å². The van der Waals surface area contributed by atoms with Gasteiger partial charge in [-0.2, -0.15) is 0 Å². The number of hydrogen-bond acceptors (Lipinski definition) is 3. The van der Waals surface area contributed by atoms with Gasteiger partial charge in [-0.1, -0.05) is 18.6 Å². The molecular formula is C21H24FN3O. The van der Waals surface area contributed by atoms with Crippen molar-refractivity contribution < 1.29 is 9.18 Å². The van der Waals surface area contributed by atoms with Crippen LogP contribution < -0.4 is 5.32 Å². The third-order valence-corrected chi connectivity index (χ3v) is 5.66. The molecule has 1 aromatic carbocycles. The van der Waals surface area contributed by atoms with Crippen LogP contribution in [0.2, 0.25) is 0 Å². The van der Waals surface area contributed by atoms with Gasteiger partial charge >= 0.3 is 0 Å². The highest BCUT2D eigenvalue weighted by Gasteiger charge is 2.38. The number of pyridine rings is 1. The summed E-state index contributed by atoms with van der Waals surface area (Å²) in [6.45, 7) is 0.860. The zero-order chi connectivity index (χ0) is 17.9. The summed E-state index contributed by atoms with van der Waals surface area (Å²) < 4.78 is 13.2. The van der Waals surface area contributed by atoms with Crippen molar-refractivity contribution in [1.82, 2.24) is 15.2 Å². The second kappa shape index (κ2) is 7.54. The summed E-state index contributed by atoms with van der Waals surface area (Å²) in [5.74, 6) is -0.223. The van der Waals surface area contributed by atoms with Crippen molar-refractivity contribution in [2.45, 2.75) is 56.8 Å². The number of nitrogens with zero attached hydrogens (tertiary/aromatic N) is 2. The average Bonchev–Trinajstić information content (AvgIpc) is 2.65.